The summed E-state index contributed by atoms with van der Waals surface area (Å²) in [6.45, 7) is 4.71. The van der Waals surface area contributed by atoms with Crippen molar-refractivity contribution >= 4 is 34.8 Å². The van der Waals surface area contributed by atoms with Crippen LogP contribution in [-0.4, -0.2) is 78.3 Å². The van der Waals surface area contributed by atoms with Gasteiger partial charge >= 0.3 is 0 Å². The highest BCUT2D eigenvalue weighted by molar-refractivity contribution is 7.13. The van der Waals surface area contributed by atoms with E-state index in [0.717, 1.165) is 5.01 Å². The van der Waals surface area contributed by atoms with Crippen molar-refractivity contribution in [3.63, 3.8) is 0 Å². The van der Waals surface area contributed by atoms with Gasteiger partial charge in [-0.15, -0.1) is 11.3 Å². The molecular weight excluding hydrogens is 412 g/mol. The normalized spacial score (nSPS) is 14.4. The first-order chi connectivity index (χ1) is 13.8. The fraction of sp³-hybridized carbons (Fsp3) is 0.450. The van der Waals surface area contributed by atoms with Crippen LogP contribution in [0.2, 0.25) is 5.02 Å². The molecule has 2 amide bonds. The zero-order chi connectivity index (χ0) is 21.0. The number of likely N-dealkylation sites (N-methyl/N-ethyl adjacent to an activating group) is 1. The minimum atomic E-state index is -0.0301. The molecule has 1 saturated heterocycles. The molecule has 0 unspecified atom stereocenters. The van der Waals surface area contributed by atoms with Crippen molar-refractivity contribution < 1.29 is 14.3 Å². The Bertz CT molecular complexity index is 861. The van der Waals surface area contributed by atoms with Gasteiger partial charge in [0.05, 0.1) is 12.2 Å². The summed E-state index contributed by atoms with van der Waals surface area (Å²) in [5.74, 6) is 0.767. The molecule has 1 aromatic heterocycles. The number of amides is 2. The van der Waals surface area contributed by atoms with E-state index in [9.17, 15) is 9.59 Å². The van der Waals surface area contributed by atoms with Gasteiger partial charge in [-0.1, -0.05) is 11.6 Å². The van der Waals surface area contributed by atoms with Crippen LogP contribution in [0.3, 0.4) is 0 Å². The minimum absolute atomic E-state index is 0.0301. The molecule has 0 atom stereocenters. The molecular formula is C20H25ClN4O3S. The van der Waals surface area contributed by atoms with Gasteiger partial charge in [0.1, 0.15) is 22.2 Å². The van der Waals surface area contributed by atoms with Crippen molar-refractivity contribution in [1.29, 1.82) is 0 Å². The lowest BCUT2D eigenvalue weighted by molar-refractivity contribution is -0.133. The van der Waals surface area contributed by atoms with Crippen LogP contribution in [0, 0.1) is 6.92 Å². The summed E-state index contributed by atoms with van der Waals surface area (Å²) in [4.78, 5) is 35.7. The molecule has 0 bridgehead atoms. The topological polar surface area (TPSA) is 66.0 Å². The summed E-state index contributed by atoms with van der Waals surface area (Å²) >= 11 is 7.24. The number of aromatic nitrogens is 1. The second-order valence-electron chi connectivity index (χ2n) is 7.18. The van der Waals surface area contributed by atoms with Crippen LogP contribution < -0.4 is 4.74 Å². The molecule has 1 aliphatic heterocycles. The van der Waals surface area contributed by atoms with Crippen molar-refractivity contribution in [2.45, 2.75) is 13.5 Å². The lowest BCUT2D eigenvalue weighted by Gasteiger charge is -2.35. The number of hydrogen-bond donors (Lipinski definition) is 0. The average molecular weight is 437 g/mol. The highest BCUT2D eigenvalue weighted by Crippen LogP contribution is 2.23. The molecule has 1 aromatic carbocycles. The number of piperazine rings is 1. The Morgan fingerprint density at radius 1 is 1.14 bits per heavy atom. The van der Waals surface area contributed by atoms with E-state index in [2.05, 4.69) is 4.98 Å². The van der Waals surface area contributed by atoms with Gasteiger partial charge in [0, 0.05) is 31.2 Å². The van der Waals surface area contributed by atoms with Gasteiger partial charge in [0.15, 0.2) is 0 Å². The molecule has 3 rings (SSSR count). The van der Waals surface area contributed by atoms with Crippen molar-refractivity contribution in [2.75, 3.05) is 46.8 Å². The predicted molar refractivity (Wildman–Crippen MR) is 114 cm³/mol. The number of carbonyl (C=O) groups excluding carboxylic acids is 2. The molecule has 0 N–H and O–H groups in total. The number of nitrogens with zero attached hydrogens (tertiary/aromatic N) is 4. The highest BCUT2D eigenvalue weighted by atomic mass is 35.5. The van der Waals surface area contributed by atoms with Gasteiger partial charge in [0.25, 0.3) is 5.91 Å². The van der Waals surface area contributed by atoms with E-state index in [0.29, 0.717) is 60.7 Å². The maximum absolute atomic E-state index is 12.9. The van der Waals surface area contributed by atoms with Gasteiger partial charge in [-0.2, -0.15) is 0 Å². The quantitative estimate of drug-likeness (QED) is 0.696. The number of thiazole rings is 1. The summed E-state index contributed by atoms with van der Waals surface area (Å²) < 4.78 is 5.73. The monoisotopic (exact) mass is 436 g/mol. The average Bonchev–Trinajstić information content (AvgIpc) is 3.07. The van der Waals surface area contributed by atoms with Crippen LogP contribution in [-0.2, 0) is 11.4 Å². The molecule has 0 spiro atoms. The Morgan fingerprint density at radius 3 is 2.38 bits per heavy atom. The summed E-state index contributed by atoms with van der Waals surface area (Å²) in [6.07, 6.45) is 0. The van der Waals surface area contributed by atoms with Crippen LogP contribution in [0.1, 0.15) is 20.4 Å². The zero-order valence-electron chi connectivity index (χ0n) is 16.9. The molecule has 0 aliphatic carbocycles. The summed E-state index contributed by atoms with van der Waals surface area (Å²) in [5.41, 5.74) is 0.709. The van der Waals surface area contributed by atoms with E-state index >= 15 is 0 Å². The third kappa shape index (κ3) is 5.68. The molecule has 7 nitrogen and oxygen atoms in total. The summed E-state index contributed by atoms with van der Waals surface area (Å²) in [7, 11) is 3.75. The fourth-order valence-corrected chi connectivity index (χ4v) is 4.13. The number of hydrogen-bond acceptors (Lipinski definition) is 6. The molecule has 1 aliphatic rings. The Kier molecular flexibility index (Phi) is 7.10. The van der Waals surface area contributed by atoms with Crippen LogP contribution in [0.4, 0.5) is 0 Å². The first-order valence-corrected chi connectivity index (χ1v) is 10.6. The van der Waals surface area contributed by atoms with E-state index in [4.69, 9.17) is 16.3 Å². The Morgan fingerprint density at radius 2 is 1.76 bits per heavy atom. The second-order valence-corrected chi connectivity index (χ2v) is 8.70. The van der Waals surface area contributed by atoms with E-state index in [1.54, 1.807) is 29.2 Å². The van der Waals surface area contributed by atoms with Crippen LogP contribution >= 0.6 is 22.9 Å². The SMILES string of the molecule is Cc1nc(COc2ccc(Cl)cc2)sc1C(=O)N1CCN(C(=O)CN(C)C)CC1. The number of rotatable bonds is 6. The zero-order valence-corrected chi connectivity index (χ0v) is 18.4. The Labute approximate surface area is 179 Å². The second kappa shape index (κ2) is 9.56. The standard InChI is InChI=1S/C20H25ClN4O3S/c1-14-19(29-17(22-14)13-28-16-6-4-15(21)5-7-16)20(27)25-10-8-24(9-11-25)18(26)12-23(2)3/h4-7H,8-13H2,1-3H3. The van der Waals surface area contributed by atoms with Gasteiger partial charge in [-0.05, 0) is 45.3 Å². The van der Waals surface area contributed by atoms with E-state index < -0.39 is 0 Å². The molecule has 9 heteroatoms. The van der Waals surface area contributed by atoms with Crippen LogP contribution in [0.15, 0.2) is 24.3 Å². The van der Waals surface area contributed by atoms with Crippen molar-refractivity contribution in [1.82, 2.24) is 19.7 Å². The molecule has 2 heterocycles. The highest BCUT2D eigenvalue weighted by Gasteiger charge is 2.27. The fourth-order valence-electron chi connectivity index (χ4n) is 3.06. The summed E-state index contributed by atoms with van der Waals surface area (Å²) in [6, 6.07) is 7.13. The van der Waals surface area contributed by atoms with Crippen LogP contribution in [0.25, 0.3) is 0 Å². The van der Waals surface area contributed by atoms with Gasteiger partial charge < -0.3 is 19.4 Å². The molecule has 1 fully saturated rings. The molecule has 156 valence electrons. The number of aryl methyl sites for hydroxylation is 1. The lowest BCUT2D eigenvalue weighted by Crippen LogP contribution is -2.52. The minimum Gasteiger partial charge on any atom is -0.486 e. The van der Waals surface area contributed by atoms with Gasteiger partial charge in [0.2, 0.25) is 5.91 Å². The van der Waals surface area contributed by atoms with Crippen molar-refractivity contribution in [3.05, 3.63) is 44.9 Å². The largest absolute Gasteiger partial charge is 0.486 e. The molecule has 0 saturated carbocycles. The number of ether oxygens (including phenoxy) is 1. The van der Waals surface area contributed by atoms with Crippen molar-refractivity contribution in [2.24, 2.45) is 0 Å². The van der Waals surface area contributed by atoms with Gasteiger partial charge in [-0.25, -0.2) is 4.98 Å². The number of halogens is 1. The number of benzene rings is 1. The van der Waals surface area contributed by atoms with E-state index in [1.807, 2.05) is 30.8 Å². The Hall–Kier alpha value is -2.16. The van der Waals surface area contributed by atoms with Crippen LogP contribution in [0.5, 0.6) is 5.75 Å². The van der Waals surface area contributed by atoms with E-state index in [-0.39, 0.29) is 11.8 Å². The van der Waals surface area contributed by atoms with E-state index in [1.165, 1.54) is 11.3 Å². The molecule has 0 radical (unpaired) electrons. The molecule has 2 aromatic rings. The smallest absolute Gasteiger partial charge is 0.265 e. The third-order valence-corrected chi connectivity index (χ3v) is 5.95. The Balaban J connectivity index is 1.56. The first-order valence-electron chi connectivity index (χ1n) is 9.40. The number of carbonyl (C=O) groups is 2. The maximum atomic E-state index is 12.9. The summed E-state index contributed by atoms with van der Waals surface area (Å²) in [5, 5.41) is 1.40. The lowest BCUT2D eigenvalue weighted by atomic mass is 10.2. The third-order valence-electron chi connectivity index (χ3n) is 4.58. The molecule has 29 heavy (non-hydrogen) atoms. The van der Waals surface area contributed by atoms with Gasteiger partial charge in [-0.3, -0.25) is 9.59 Å². The predicted octanol–water partition coefficient (Wildman–Crippen LogP) is 2.53. The first kappa shape index (κ1) is 21.5. The van der Waals surface area contributed by atoms with Crippen molar-refractivity contribution in [3.8, 4) is 5.75 Å². The maximum Gasteiger partial charge on any atom is 0.265 e.